The fourth-order valence-electron chi connectivity index (χ4n) is 20.5. The second-order valence-electron chi connectivity index (χ2n) is 42.1. The Hall–Kier alpha value is -7.24. The van der Waals surface area contributed by atoms with E-state index >= 15 is 0 Å². The SMILES string of the molecule is C=C(CCO)C(=O)OCCOc1c2cc(CCCCCCCCCCCCCCCCCC)cc1Cc1cc(CCCCCCCCCCCCCCCCCC)cc(c1OCCOC(=O)C(=C)CCO)Cc1cc(CCCCCCCCCCCCCCCCCC)cc(c1OCCOC(=O)C(=C)CCO)Cc1cc(CCCCCCCCCCCCCCCCCC)cc(c1OCCOC(=O)C(=C)CCO)C2. The monoisotopic (exact) mass is 2000 g/mol. The van der Waals surface area contributed by atoms with Crippen LogP contribution in [0, 0.1) is 0 Å². The molecule has 0 aliphatic heterocycles. The lowest BCUT2D eigenvalue weighted by atomic mass is 9.86. The molecular weight excluding hydrogens is 1790 g/mol. The van der Waals surface area contributed by atoms with Gasteiger partial charge in [0.15, 0.2) is 0 Å². The number of aliphatic hydroxyl groups excluding tert-OH is 4. The van der Waals surface area contributed by atoms with E-state index in [-0.39, 0.29) is 127 Å². The second-order valence-corrected chi connectivity index (χ2v) is 42.1. The number of benzene rings is 4. The molecular formula is C128H208O16. The zero-order valence-corrected chi connectivity index (χ0v) is 92.4. The average molecular weight is 2000 g/mol. The molecule has 0 spiro atoms. The maximum atomic E-state index is 13.6. The fourth-order valence-corrected chi connectivity index (χ4v) is 20.5. The number of hydrogen-bond donors (Lipinski definition) is 4. The first-order valence-corrected chi connectivity index (χ1v) is 59.5. The molecule has 1 aliphatic carbocycles. The summed E-state index contributed by atoms with van der Waals surface area (Å²) in [5, 5.41) is 39.7. The molecule has 816 valence electrons. The van der Waals surface area contributed by atoms with Crippen molar-refractivity contribution >= 4 is 23.9 Å². The highest BCUT2D eigenvalue weighted by molar-refractivity contribution is 5.89. The van der Waals surface area contributed by atoms with Gasteiger partial charge in [0.05, 0.1) is 0 Å². The quantitative estimate of drug-likeness (QED) is 0.0123. The van der Waals surface area contributed by atoms with Gasteiger partial charge in [-0.15, -0.1) is 0 Å². The Morgan fingerprint density at radius 3 is 0.451 bits per heavy atom. The van der Waals surface area contributed by atoms with Gasteiger partial charge in [-0.3, -0.25) is 0 Å². The fraction of sp³-hybridized carbons (Fsp3) is 0.719. The van der Waals surface area contributed by atoms with Gasteiger partial charge in [-0.25, -0.2) is 19.2 Å². The number of carbonyl (C=O) groups excluding carboxylic acids is 4. The third-order valence-electron chi connectivity index (χ3n) is 29.1. The maximum absolute atomic E-state index is 13.6. The molecule has 16 nitrogen and oxygen atoms in total. The average Bonchev–Trinajstić information content (AvgIpc) is 0.770. The Bertz CT molecular complexity index is 3440. The number of rotatable bonds is 96. The van der Waals surface area contributed by atoms with Gasteiger partial charge in [0.2, 0.25) is 0 Å². The Morgan fingerprint density at radius 1 is 0.201 bits per heavy atom. The predicted octanol–water partition coefficient (Wildman–Crippen LogP) is 33.0. The summed E-state index contributed by atoms with van der Waals surface area (Å²) >= 11 is 0. The van der Waals surface area contributed by atoms with Gasteiger partial charge >= 0.3 is 23.9 Å². The van der Waals surface area contributed by atoms with Crippen molar-refractivity contribution in [2.45, 2.75) is 516 Å². The lowest BCUT2D eigenvalue weighted by Crippen LogP contribution is -2.17. The van der Waals surface area contributed by atoms with Crippen LogP contribution in [0.1, 0.15) is 531 Å². The molecule has 0 aromatic heterocycles. The molecule has 0 saturated carbocycles. The molecule has 0 saturated heterocycles. The molecule has 4 N–H and O–H groups in total. The standard InChI is InChI=1S/C128H208O16/c1-9-13-17-21-25-29-33-37-41-45-49-53-57-61-65-69-73-109-93-113-101-115-95-110(74-70-66-62-58-54-50-46-42-38-34-30-26-22-18-14-10-2)97-117(122(115)138-86-90-142-126(134)106(6)78-82-130)103-119-99-112(76-72-68-64-60-56-52-48-44-40-36-32-28-24-20-16-12-4)100-120(124(119)140-88-92-144-128(136)108(8)80-84-132)104-118-98-111(75-71-67-63-59-55-51-47-43-39-35-31-27-23-19-15-11-3)96-116(123(118)139-87-91-143-127(135)107(7)79-83-131)102-114(94-109)121(113)137-85-89-141-125(133)105(5)77-81-129/h93-100,129-132H,5-92,101-104H2,1-4H3. The van der Waals surface area contributed by atoms with E-state index in [1.807, 2.05) is 0 Å². The summed E-state index contributed by atoms with van der Waals surface area (Å²) in [6.45, 7) is 23.6. The van der Waals surface area contributed by atoms with Gasteiger partial charge in [-0.05, 0) is 118 Å². The summed E-state index contributed by atoms with van der Waals surface area (Å²) in [4.78, 5) is 54.4. The van der Waals surface area contributed by atoms with Crippen LogP contribution in [0.2, 0.25) is 0 Å². The van der Waals surface area contributed by atoms with Gasteiger partial charge in [0, 0.05) is 100 Å². The molecule has 0 unspecified atom stereocenters. The summed E-state index contributed by atoms with van der Waals surface area (Å²) in [7, 11) is 0. The highest BCUT2D eigenvalue weighted by Gasteiger charge is 2.27. The molecule has 1 aliphatic rings. The van der Waals surface area contributed by atoms with Crippen LogP contribution in [0.15, 0.2) is 97.1 Å². The van der Waals surface area contributed by atoms with E-state index in [2.05, 4.69) is 103 Å². The normalized spacial score (nSPS) is 11.8. The van der Waals surface area contributed by atoms with Crippen molar-refractivity contribution in [2.24, 2.45) is 0 Å². The van der Waals surface area contributed by atoms with Crippen LogP contribution in [-0.4, -0.2) is 124 Å². The lowest BCUT2D eigenvalue weighted by molar-refractivity contribution is -0.140. The zero-order chi connectivity index (χ0) is 103. The maximum Gasteiger partial charge on any atom is 0.333 e. The molecule has 0 amide bonds. The second kappa shape index (κ2) is 86.6. The number of aliphatic hydroxyl groups is 4. The summed E-state index contributed by atoms with van der Waals surface area (Å²) in [5.74, 6) is 0.161. The van der Waals surface area contributed by atoms with Crippen molar-refractivity contribution in [1.29, 1.82) is 0 Å². The number of carbonyl (C=O) groups is 4. The Morgan fingerprint density at radius 2 is 0.326 bits per heavy atom. The van der Waals surface area contributed by atoms with Crippen LogP contribution in [-0.2, 0) is 89.5 Å². The molecule has 0 heterocycles. The van der Waals surface area contributed by atoms with E-state index in [4.69, 9.17) is 37.9 Å². The largest absolute Gasteiger partial charge is 0.489 e. The molecule has 0 atom stereocenters. The van der Waals surface area contributed by atoms with Crippen molar-refractivity contribution in [1.82, 2.24) is 0 Å². The highest BCUT2D eigenvalue weighted by Crippen LogP contribution is 2.43. The topological polar surface area (TPSA) is 223 Å². The minimum absolute atomic E-state index is 0.00585. The molecule has 4 aromatic carbocycles. The van der Waals surface area contributed by atoms with Crippen molar-refractivity contribution in [3.63, 3.8) is 0 Å². The summed E-state index contributed by atoms with van der Waals surface area (Å²) in [6.07, 6.45) is 86.0. The van der Waals surface area contributed by atoms with Crippen molar-refractivity contribution in [3.8, 4) is 23.0 Å². The van der Waals surface area contributed by atoms with Crippen LogP contribution >= 0.6 is 0 Å². The van der Waals surface area contributed by atoms with Gasteiger partial charge in [0.1, 0.15) is 75.9 Å². The lowest BCUT2D eigenvalue weighted by Gasteiger charge is -2.25. The van der Waals surface area contributed by atoms with Crippen LogP contribution in [0.5, 0.6) is 23.0 Å². The van der Waals surface area contributed by atoms with Gasteiger partial charge in [0.25, 0.3) is 0 Å². The minimum atomic E-state index is -0.601. The molecule has 5 rings (SSSR count). The van der Waals surface area contributed by atoms with E-state index in [0.29, 0.717) is 48.7 Å². The number of fused-ring (bicyclic) bond motifs is 8. The summed E-state index contributed by atoms with van der Waals surface area (Å²) in [6, 6.07) is 18.6. The van der Waals surface area contributed by atoms with Gasteiger partial charge in [-0.2, -0.15) is 0 Å². The number of unbranched alkanes of at least 4 members (excludes halogenated alkanes) is 60. The molecule has 4 aromatic rings. The smallest absolute Gasteiger partial charge is 0.333 e. The zero-order valence-electron chi connectivity index (χ0n) is 92.4. The van der Waals surface area contributed by atoms with Crippen molar-refractivity contribution < 1.29 is 77.5 Å². The molecule has 0 radical (unpaired) electrons. The minimum Gasteiger partial charge on any atom is -0.489 e. The number of hydrogen-bond acceptors (Lipinski definition) is 16. The Labute approximate surface area is 878 Å². The van der Waals surface area contributed by atoms with E-state index in [0.717, 1.165) is 169 Å². The van der Waals surface area contributed by atoms with E-state index < -0.39 is 23.9 Å². The highest BCUT2D eigenvalue weighted by atomic mass is 16.6. The first kappa shape index (κ1) is 127. The van der Waals surface area contributed by atoms with Crippen LogP contribution < -0.4 is 18.9 Å². The number of aryl methyl sites for hydroxylation is 4. The van der Waals surface area contributed by atoms with Gasteiger partial charge in [-0.1, -0.05) is 488 Å². The van der Waals surface area contributed by atoms with E-state index in [1.165, 1.54) is 334 Å². The van der Waals surface area contributed by atoms with Crippen LogP contribution in [0.3, 0.4) is 0 Å². The summed E-state index contributed by atoms with van der Waals surface area (Å²) in [5.41, 5.74) is 12.6. The Balaban J connectivity index is 1.80. The van der Waals surface area contributed by atoms with Gasteiger partial charge < -0.3 is 58.3 Å². The third-order valence-corrected chi connectivity index (χ3v) is 29.1. The molecule has 144 heavy (non-hydrogen) atoms. The first-order chi connectivity index (χ1) is 70.6. The summed E-state index contributed by atoms with van der Waals surface area (Å²) < 4.78 is 53.0. The van der Waals surface area contributed by atoms with Crippen molar-refractivity contribution in [3.05, 3.63) is 164 Å². The van der Waals surface area contributed by atoms with Crippen LogP contribution in [0.25, 0.3) is 0 Å². The van der Waals surface area contributed by atoms with Crippen molar-refractivity contribution in [2.75, 3.05) is 79.3 Å². The van der Waals surface area contributed by atoms with E-state index in [9.17, 15) is 39.6 Å². The Kier molecular flexibility index (Phi) is 76.5. The number of ether oxygens (including phenoxy) is 8. The third kappa shape index (κ3) is 59.8. The molecule has 0 fully saturated rings. The molecule has 8 bridgehead atoms. The molecule has 16 heteroatoms. The predicted molar refractivity (Wildman–Crippen MR) is 599 cm³/mol. The van der Waals surface area contributed by atoms with Crippen LogP contribution in [0.4, 0.5) is 0 Å². The van der Waals surface area contributed by atoms with E-state index in [1.54, 1.807) is 0 Å². The first-order valence-electron chi connectivity index (χ1n) is 59.5. The number of esters is 4.